The van der Waals surface area contributed by atoms with Crippen LogP contribution in [0.1, 0.15) is 44.4 Å². The summed E-state index contributed by atoms with van der Waals surface area (Å²) >= 11 is 3.50. The molecule has 0 amide bonds. The van der Waals surface area contributed by atoms with Gasteiger partial charge in [-0.25, -0.2) is 4.98 Å². The van der Waals surface area contributed by atoms with Crippen LogP contribution in [0, 0.1) is 0 Å². The molecule has 0 aliphatic carbocycles. The molecule has 1 atom stereocenters. The van der Waals surface area contributed by atoms with E-state index in [0.29, 0.717) is 0 Å². The number of nitrogens with zero attached hydrogens (tertiary/aromatic N) is 1. The monoisotopic (exact) mass is 307 g/mol. The highest BCUT2D eigenvalue weighted by Gasteiger charge is 2.13. The van der Waals surface area contributed by atoms with Gasteiger partial charge in [-0.15, -0.1) is 0 Å². The molecule has 2 rings (SSSR count). The zero-order valence-electron chi connectivity index (χ0n) is 10.6. The maximum atomic E-state index is 10.2. The Bertz CT molecular complexity index is 527. The molecule has 0 spiro atoms. The first kappa shape index (κ1) is 13.5. The second kappa shape index (κ2) is 6.30. The van der Waals surface area contributed by atoms with Crippen molar-refractivity contribution in [2.75, 3.05) is 0 Å². The Balaban J connectivity index is 2.24. The van der Waals surface area contributed by atoms with Gasteiger partial charge in [0, 0.05) is 9.86 Å². The second-order valence-corrected chi connectivity index (χ2v) is 5.41. The molecule has 0 fully saturated rings. The summed E-state index contributed by atoms with van der Waals surface area (Å²) in [5.41, 5.74) is 1.69. The van der Waals surface area contributed by atoms with Crippen LogP contribution < -0.4 is 0 Å². The predicted molar refractivity (Wildman–Crippen MR) is 78.5 cm³/mol. The van der Waals surface area contributed by atoms with Crippen molar-refractivity contribution >= 4 is 26.8 Å². The lowest BCUT2D eigenvalue weighted by molar-refractivity contribution is 0.158. The van der Waals surface area contributed by atoms with Crippen LogP contribution in [0.4, 0.5) is 0 Å². The summed E-state index contributed by atoms with van der Waals surface area (Å²) in [6.45, 7) is 2.16. The number of rotatable bonds is 5. The minimum atomic E-state index is -0.476. The average molecular weight is 308 g/mol. The first-order valence-electron chi connectivity index (χ1n) is 6.45. The third-order valence-corrected chi connectivity index (χ3v) is 3.74. The zero-order valence-corrected chi connectivity index (χ0v) is 12.2. The maximum absolute atomic E-state index is 10.2. The Hall–Kier alpha value is -0.930. The molecule has 0 aliphatic heterocycles. The molecule has 0 saturated carbocycles. The molecule has 0 bridgehead atoms. The smallest absolute Gasteiger partial charge is 0.0971 e. The molecule has 2 aromatic rings. The van der Waals surface area contributed by atoms with E-state index in [-0.39, 0.29) is 0 Å². The topological polar surface area (TPSA) is 33.1 Å². The van der Waals surface area contributed by atoms with Crippen molar-refractivity contribution < 1.29 is 5.11 Å². The number of hydrogen-bond acceptors (Lipinski definition) is 2. The Morgan fingerprint density at radius 1 is 1.28 bits per heavy atom. The average Bonchev–Trinajstić information content (AvgIpc) is 2.38. The van der Waals surface area contributed by atoms with E-state index in [4.69, 9.17) is 0 Å². The number of halogens is 1. The van der Waals surface area contributed by atoms with Crippen molar-refractivity contribution in [2.24, 2.45) is 0 Å². The highest BCUT2D eigenvalue weighted by molar-refractivity contribution is 9.10. The summed E-state index contributed by atoms with van der Waals surface area (Å²) in [5, 5.41) is 11.3. The Labute approximate surface area is 116 Å². The Morgan fingerprint density at radius 2 is 2.06 bits per heavy atom. The van der Waals surface area contributed by atoms with Gasteiger partial charge in [0.2, 0.25) is 0 Å². The van der Waals surface area contributed by atoms with Crippen LogP contribution >= 0.6 is 15.9 Å². The molecule has 1 aromatic carbocycles. The van der Waals surface area contributed by atoms with Gasteiger partial charge in [0.15, 0.2) is 0 Å². The molecule has 0 saturated heterocycles. The van der Waals surface area contributed by atoms with E-state index < -0.39 is 6.10 Å². The Kier molecular flexibility index (Phi) is 4.72. The number of aliphatic hydroxyl groups excluding tert-OH is 1. The fourth-order valence-electron chi connectivity index (χ4n) is 2.06. The second-order valence-electron chi connectivity index (χ2n) is 4.56. The van der Waals surface area contributed by atoms with Crippen molar-refractivity contribution in [1.82, 2.24) is 4.98 Å². The minimum Gasteiger partial charge on any atom is -0.387 e. The van der Waals surface area contributed by atoms with E-state index >= 15 is 0 Å². The molecular formula is C15H18BrNO. The summed E-state index contributed by atoms with van der Waals surface area (Å²) < 4.78 is 0.894. The number of pyridine rings is 1. The van der Waals surface area contributed by atoms with Gasteiger partial charge in [-0.1, -0.05) is 44.4 Å². The van der Waals surface area contributed by atoms with E-state index in [1.807, 2.05) is 30.3 Å². The molecule has 96 valence electrons. The normalized spacial score (nSPS) is 12.8. The standard InChI is InChI=1S/C15H18BrNO/c1-2-3-4-9-14(18)15-12(16)10-11-7-5-6-8-13(11)17-15/h5-8,10,14,18H,2-4,9H2,1H3. The fraction of sp³-hybridized carbons (Fsp3) is 0.400. The van der Waals surface area contributed by atoms with E-state index in [2.05, 4.69) is 27.8 Å². The van der Waals surface area contributed by atoms with Gasteiger partial charge < -0.3 is 5.11 Å². The number of hydrogen-bond donors (Lipinski definition) is 1. The van der Waals surface area contributed by atoms with Crippen LogP contribution in [-0.4, -0.2) is 10.1 Å². The summed E-state index contributed by atoms with van der Waals surface area (Å²) in [6, 6.07) is 10.00. The minimum absolute atomic E-state index is 0.476. The number of unbranched alkanes of at least 4 members (excludes halogenated alkanes) is 2. The zero-order chi connectivity index (χ0) is 13.0. The predicted octanol–water partition coefficient (Wildman–Crippen LogP) is 4.61. The van der Waals surface area contributed by atoms with Gasteiger partial charge in [-0.05, 0) is 34.5 Å². The van der Waals surface area contributed by atoms with Gasteiger partial charge in [-0.3, -0.25) is 0 Å². The summed E-state index contributed by atoms with van der Waals surface area (Å²) in [7, 11) is 0. The number of para-hydroxylation sites is 1. The van der Waals surface area contributed by atoms with Crippen molar-refractivity contribution in [3.05, 3.63) is 40.5 Å². The lowest BCUT2D eigenvalue weighted by Crippen LogP contribution is -2.02. The van der Waals surface area contributed by atoms with Crippen molar-refractivity contribution in [1.29, 1.82) is 0 Å². The number of fused-ring (bicyclic) bond motifs is 1. The van der Waals surface area contributed by atoms with Crippen LogP contribution in [0.25, 0.3) is 10.9 Å². The molecule has 3 heteroatoms. The first-order chi connectivity index (χ1) is 8.72. The quantitative estimate of drug-likeness (QED) is 0.818. The molecule has 1 unspecified atom stereocenters. The number of aliphatic hydroxyl groups is 1. The highest BCUT2D eigenvalue weighted by Crippen LogP contribution is 2.28. The van der Waals surface area contributed by atoms with Gasteiger partial charge in [-0.2, -0.15) is 0 Å². The molecule has 1 heterocycles. The first-order valence-corrected chi connectivity index (χ1v) is 7.25. The van der Waals surface area contributed by atoms with Crippen LogP contribution in [0.15, 0.2) is 34.8 Å². The maximum Gasteiger partial charge on any atom is 0.0971 e. The van der Waals surface area contributed by atoms with Crippen LogP contribution in [-0.2, 0) is 0 Å². The van der Waals surface area contributed by atoms with Crippen molar-refractivity contribution in [3.63, 3.8) is 0 Å². The molecule has 0 radical (unpaired) electrons. The van der Waals surface area contributed by atoms with Gasteiger partial charge in [0.05, 0.1) is 17.3 Å². The summed E-state index contributed by atoms with van der Waals surface area (Å²) in [4.78, 5) is 4.56. The van der Waals surface area contributed by atoms with Gasteiger partial charge in [0.25, 0.3) is 0 Å². The van der Waals surface area contributed by atoms with Crippen molar-refractivity contribution in [3.8, 4) is 0 Å². The van der Waals surface area contributed by atoms with E-state index in [0.717, 1.165) is 40.3 Å². The van der Waals surface area contributed by atoms with E-state index in [1.165, 1.54) is 6.42 Å². The fourth-order valence-corrected chi connectivity index (χ4v) is 2.66. The molecular weight excluding hydrogens is 290 g/mol. The van der Waals surface area contributed by atoms with E-state index in [9.17, 15) is 5.11 Å². The summed E-state index contributed by atoms with van der Waals surface area (Å²) in [6.07, 6.45) is 3.66. The van der Waals surface area contributed by atoms with Crippen LogP contribution in [0.2, 0.25) is 0 Å². The molecule has 1 aromatic heterocycles. The molecule has 0 aliphatic rings. The third-order valence-electron chi connectivity index (χ3n) is 3.10. The highest BCUT2D eigenvalue weighted by atomic mass is 79.9. The van der Waals surface area contributed by atoms with Gasteiger partial charge >= 0.3 is 0 Å². The van der Waals surface area contributed by atoms with Crippen molar-refractivity contribution in [2.45, 2.75) is 38.7 Å². The Morgan fingerprint density at radius 3 is 2.83 bits per heavy atom. The third kappa shape index (κ3) is 3.09. The summed E-state index contributed by atoms with van der Waals surface area (Å²) in [5.74, 6) is 0. The van der Waals surface area contributed by atoms with E-state index in [1.54, 1.807) is 0 Å². The lowest BCUT2D eigenvalue weighted by Gasteiger charge is -2.12. The van der Waals surface area contributed by atoms with Gasteiger partial charge in [0.1, 0.15) is 0 Å². The van der Waals surface area contributed by atoms with Crippen LogP contribution in [0.5, 0.6) is 0 Å². The number of aromatic nitrogens is 1. The SMILES string of the molecule is CCCCCC(O)c1nc2ccccc2cc1Br. The number of benzene rings is 1. The molecule has 2 nitrogen and oxygen atoms in total. The molecule has 1 N–H and O–H groups in total. The lowest BCUT2D eigenvalue weighted by atomic mass is 10.1. The van der Waals surface area contributed by atoms with Crippen LogP contribution in [0.3, 0.4) is 0 Å². The largest absolute Gasteiger partial charge is 0.387 e. The molecule has 18 heavy (non-hydrogen) atoms.